The molecule has 3 aromatic rings. The fraction of sp³-hybridized carbons (Fsp3) is 0.0435. The zero-order chi connectivity index (χ0) is 15.5. The summed E-state index contributed by atoms with van der Waals surface area (Å²) in [5, 5.41) is 0. The summed E-state index contributed by atoms with van der Waals surface area (Å²) in [4.78, 5) is 0. The first-order valence-corrected chi connectivity index (χ1v) is 7.94. The molecule has 0 saturated heterocycles. The third-order valence-corrected chi connectivity index (χ3v) is 4.24. The van der Waals surface area contributed by atoms with Gasteiger partial charge in [-0.05, 0) is 0 Å². The fourth-order valence-electron chi connectivity index (χ4n) is 3.09. The Hall–Kier alpha value is -2.34. The van der Waals surface area contributed by atoms with Crippen molar-refractivity contribution < 1.29 is 17.1 Å². The van der Waals surface area contributed by atoms with Crippen LogP contribution in [0.5, 0.6) is 0 Å². The predicted molar refractivity (Wildman–Crippen MR) is 97.4 cm³/mol. The van der Waals surface area contributed by atoms with Gasteiger partial charge in [-0.3, -0.25) is 0 Å². The van der Waals surface area contributed by atoms with Crippen molar-refractivity contribution in [1.82, 2.24) is 0 Å². The summed E-state index contributed by atoms with van der Waals surface area (Å²) in [7, 11) is 0. The molecule has 0 aromatic heterocycles. The largest absolute Gasteiger partial charge is 0.139 e. The summed E-state index contributed by atoms with van der Waals surface area (Å²) in [5.74, 6) is 0. The number of allylic oxidation sites excluding steroid dienone is 4. The molecule has 0 aliphatic heterocycles. The van der Waals surface area contributed by atoms with Gasteiger partial charge in [0.2, 0.25) is 0 Å². The molecule has 0 heterocycles. The molecule has 1 aliphatic carbocycles. The topological polar surface area (TPSA) is 0 Å². The molecule has 0 saturated carbocycles. The summed E-state index contributed by atoms with van der Waals surface area (Å²) in [6.07, 6.45) is 4.60. The van der Waals surface area contributed by atoms with Crippen molar-refractivity contribution in [2.24, 2.45) is 0 Å². The second-order valence-electron chi connectivity index (χ2n) is 5.73. The Morgan fingerprint density at radius 1 is 0.542 bits per heavy atom. The van der Waals surface area contributed by atoms with E-state index in [2.05, 4.69) is 97.1 Å². The summed E-state index contributed by atoms with van der Waals surface area (Å²) in [6.45, 7) is 0. The van der Waals surface area contributed by atoms with Crippen LogP contribution in [0.2, 0.25) is 0 Å². The van der Waals surface area contributed by atoms with Gasteiger partial charge in [-0.1, -0.05) is 114 Å². The van der Waals surface area contributed by atoms with Crippen molar-refractivity contribution in [3.8, 4) is 0 Å². The molecule has 0 atom stereocenters. The van der Waals surface area contributed by atoms with E-state index < -0.39 is 0 Å². The quantitative estimate of drug-likeness (QED) is 0.409. The molecule has 3 aromatic carbocycles. The minimum absolute atomic E-state index is 0. The molecule has 0 amide bonds. The first-order chi connectivity index (χ1) is 11.4. The van der Waals surface area contributed by atoms with Crippen molar-refractivity contribution >= 4 is 16.7 Å². The summed E-state index contributed by atoms with van der Waals surface area (Å²) in [5.41, 5.74) is 7.61. The van der Waals surface area contributed by atoms with Crippen LogP contribution in [-0.4, -0.2) is 0 Å². The van der Waals surface area contributed by atoms with Crippen LogP contribution in [0.1, 0.15) is 23.1 Å². The van der Waals surface area contributed by atoms with E-state index in [0.29, 0.717) is 0 Å². The van der Waals surface area contributed by atoms with Gasteiger partial charge in [-0.15, -0.1) is 22.8 Å². The summed E-state index contributed by atoms with van der Waals surface area (Å²) < 4.78 is 0. The van der Waals surface area contributed by atoms with Crippen molar-refractivity contribution in [3.05, 3.63) is 114 Å². The molecule has 0 nitrogen and oxygen atoms in total. The second-order valence-corrected chi connectivity index (χ2v) is 5.73. The van der Waals surface area contributed by atoms with Crippen LogP contribution in [0, 0.1) is 6.08 Å². The van der Waals surface area contributed by atoms with Crippen LogP contribution in [0.3, 0.4) is 0 Å². The van der Waals surface area contributed by atoms with Crippen LogP contribution in [0.25, 0.3) is 16.7 Å². The van der Waals surface area contributed by atoms with Gasteiger partial charge in [-0.2, -0.15) is 0 Å². The van der Waals surface area contributed by atoms with E-state index in [9.17, 15) is 0 Å². The molecule has 1 aliphatic rings. The van der Waals surface area contributed by atoms with E-state index in [4.69, 9.17) is 0 Å². The average molecular weight is 349 g/mol. The first-order valence-electron chi connectivity index (χ1n) is 7.94. The van der Waals surface area contributed by atoms with Gasteiger partial charge in [-0.25, -0.2) is 0 Å². The smallest absolute Gasteiger partial charge is 0 e. The second kappa shape index (κ2) is 7.49. The van der Waals surface area contributed by atoms with Crippen LogP contribution in [0.15, 0.2) is 91.0 Å². The number of hydrogen-bond acceptors (Lipinski definition) is 0. The molecule has 0 N–H and O–H groups in total. The molecule has 24 heavy (non-hydrogen) atoms. The summed E-state index contributed by atoms with van der Waals surface area (Å²) >= 11 is 0. The van der Waals surface area contributed by atoms with E-state index in [0.717, 1.165) is 6.42 Å². The molecular weight excluding hydrogens is 332 g/mol. The Morgan fingerprint density at radius 3 is 1.54 bits per heavy atom. The molecule has 0 radical (unpaired) electrons. The molecule has 0 fully saturated rings. The molecule has 118 valence electrons. The van der Waals surface area contributed by atoms with Crippen molar-refractivity contribution in [2.45, 2.75) is 6.42 Å². The first kappa shape index (κ1) is 16.5. The van der Waals surface area contributed by atoms with Gasteiger partial charge in [0.15, 0.2) is 0 Å². The van der Waals surface area contributed by atoms with Gasteiger partial charge in [0, 0.05) is 17.1 Å². The summed E-state index contributed by atoms with van der Waals surface area (Å²) in [6, 6.07) is 31.8. The maximum absolute atomic E-state index is 3.67. The maximum atomic E-state index is 3.67. The number of benzene rings is 3. The van der Waals surface area contributed by atoms with E-state index in [-0.39, 0.29) is 17.1 Å². The Labute approximate surface area is 154 Å². The third kappa shape index (κ3) is 3.28. The van der Waals surface area contributed by atoms with E-state index in [1.54, 1.807) is 0 Å². The molecule has 0 unspecified atom stereocenters. The van der Waals surface area contributed by atoms with Gasteiger partial charge < -0.3 is 0 Å². The molecule has 0 bridgehead atoms. The number of hydrogen-bond donors (Lipinski definition) is 0. The molecule has 4 rings (SSSR count). The van der Waals surface area contributed by atoms with Gasteiger partial charge in [0.25, 0.3) is 0 Å². The van der Waals surface area contributed by atoms with Crippen molar-refractivity contribution in [3.63, 3.8) is 0 Å². The van der Waals surface area contributed by atoms with Crippen LogP contribution >= 0.6 is 0 Å². The van der Waals surface area contributed by atoms with Crippen molar-refractivity contribution in [1.29, 1.82) is 0 Å². The Kier molecular flexibility index (Phi) is 5.15. The van der Waals surface area contributed by atoms with Crippen LogP contribution < -0.4 is 0 Å². The predicted octanol–water partition coefficient (Wildman–Crippen LogP) is 5.89. The Balaban J connectivity index is 0.00000169. The molecule has 1 heteroatoms. The minimum atomic E-state index is 0. The Bertz CT molecular complexity index is 860. The standard InChI is InChI=1S/C23H17.Fe/c1-4-10-18(11-5-1)21-16-22(19-12-6-2-7-13-19)23(17-21)20-14-8-3-9-15-20;/h1-15H,16H2;/q-1;. The molecule has 0 spiro atoms. The third-order valence-electron chi connectivity index (χ3n) is 4.24. The maximum Gasteiger partial charge on any atom is 0 e. The molecular formula is C23H17Fe-. The zero-order valence-corrected chi connectivity index (χ0v) is 14.3. The van der Waals surface area contributed by atoms with Crippen molar-refractivity contribution in [2.75, 3.05) is 0 Å². The SMILES string of the molecule is [C-]1=C(c2ccccc2)CC(c2ccccc2)=C1c1ccccc1.[Fe]. The Morgan fingerprint density at radius 2 is 1.00 bits per heavy atom. The van der Waals surface area contributed by atoms with Gasteiger partial charge in [0.1, 0.15) is 0 Å². The van der Waals surface area contributed by atoms with Crippen LogP contribution in [0.4, 0.5) is 0 Å². The zero-order valence-electron chi connectivity index (χ0n) is 13.2. The fourth-order valence-corrected chi connectivity index (χ4v) is 3.09. The van der Waals surface area contributed by atoms with E-state index >= 15 is 0 Å². The van der Waals surface area contributed by atoms with E-state index in [1.807, 2.05) is 0 Å². The minimum Gasteiger partial charge on any atom is -0.139 e. The monoisotopic (exact) mass is 349 g/mol. The van der Waals surface area contributed by atoms with Gasteiger partial charge >= 0.3 is 0 Å². The van der Waals surface area contributed by atoms with Crippen LogP contribution in [-0.2, 0) is 17.1 Å². The van der Waals surface area contributed by atoms with E-state index in [1.165, 1.54) is 33.4 Å². The average Bonchev–Trinajstić information content (AvgIpc) is 3.09. The number of rotatable bonds is 3. The van der Waals surface area contributed by atoms with Gasteiger partial charge in [0.05, 0.1) is 0 Å². The normalized spacial score (nSPS) is 13.4.